The number of amides is 2. The number of rotatable bonds is 7. The number of hydrogen-bond donors (Lipinski definition) is 2. The molecule has 12 heteroatoms. The molecule has 2 aromatic heterocycles. The zero-order chi connectivity index (χ0) is 28.5. The molecule has 0 atom stereocenters. The van der Waals surface area contributed by atoms with E-state index < -0.39 is 17.5 Å². The fourth-order valence-electron chi connectivity index (χ4n) is 3.99. The van der Waals surface area contributed by atoms with E-state index in [1.165, 1.54) is 17.4 Å². The fraction of sp³-hybridized carbons (Fsp3) is 0.407. The molecule has 1 aliphatic heterocycles. The van der Waals surface area contributed by atoms with E-state index in [0.29, 0.717) is 31.5 Å². The zero-order valence-electron chi connectivity index (χ0n) is 22.3. The summed E-state index contributed by atoms with van der Waals surface area (Å²) in [6.07, 6.45) is 0.783. The Hall–Kier alpha value is -2.50. The van der Waals surface area contributed by atoms with Crippen molar-refractivity contribution in [2.75, 3.05) is 11.9 Å². The molecule has 0 unspecified atom stereocenters. The average Bonchev–Trinajstić information content (AvgIpc) is 3.48. The zero-order valence-corrected chi connectivity index (χ0v) is 25.5. The Labute approximate surface area is 245 Å². The Balaban J connectivity index is 1.60. The van der Waals surface area contributed by atoms with Crippen LogP contribution < -0.4 is 10.6 Å². The van der Waals surface area contributed by atoms with Crippen molar-refractivity contribution in [1.29, 1.82) is 0 Å². The highest BCUT2D eigenvalue weighted by atomic mass is 35.5. The second-order valence-electron chi connectivity index (χ2n) is 10.4. The first-order valence-electron chi connectivity index (χ1n) is 12.4. The highest BCUT2D eigenvalue weighted by Crippen LogP contribution is 2.30. The van der Waals surface area contributed by atoms with E-state index >= 15 is 0 Å². The molecule has 4 rings (SSSR count). The van der Waals surface area contributed by atoms with Gasteiger partial charge < -0.3 is 15.4 Å². The standard InChI is InChI=1S/C27H30Cl2N4O4S2/c1-14(2)33-9-8-18-21(13-33)39-25(32-18)24(35)31-19-11-16(26(36)37-27(3,4)5)17(28)10-15(19)12-30-23(34)20-6-7-22(29)38-20/h6-7,10-11,14H,8-9,12-13H2,1-5H3,(H,30,34)(H,31,35). The van der Waals surface area contributed by atoms with Gasteiger partial charge in [-0.1, -0.05) is 23.2 Å². The molecular weight excluding hydrogens is 579 g/mol. The first kappa shape index (κ1) is 29.5. The van der Waals surface area contributed by atoms with Crippen LogP contribution in [-0.4, -0.2) is 45.9 Å². The molecular formula is C27H30Cl2N4O4S2. The molecule has 2 N–H and O–H groups in total. The van der Waals surface area contributed by atoms with Gasteiger partial charge in [0.05, 0.1) is 25.5 Å². The van der Waals surface area contributed by atoms with Gasteiger partial charge in [0.1, 0.15) is 5.60 Å². The minimum absolute atomic E-state index is 0.0516. The maximum atomic E-state index is 13.3. The predicted octanol–water partition coefficient (Wildman–Crippen LogP) is 6.42. The number of anilines is 1. The SMILES string of the molecule is CC(C)N1CCc2nc(C(=O)Nc3cc(C(=O)OC(C)(C)C)c(Cl)cc3CNC(=O)c3ccc(Cl)s3)sc2C1. The van der Waals surface area contributed by atoms with Gasteiger partial charge in [-0.15, -0.1) is 22.7 Å². The van der Waals surface area contributed by atoms with Crippen molar-refractivity contribution in [2.24, 2.45) is 0 Å². The number of esters is 1. The summed E-state index contributed by atoms with van der Waals surface area (Å²) >= 11 is 14.9. The molecule has 2 amide bonds. The number of fused-ring (bicyclic) bond motifs is 1. The van der Waals surface area contributed by atoms with Gasteiger partial charge in [-0.3, -0.25) is 14.5 Å². The van der Waals surface area contributed by atoms with E-state index in [1.807, 2.05) is 0 Å². The van der Waals surface area contributed by atoms with Crippen molar-refractivity contribution in [3.05, 3.63) is 65.2 Å². The minimum atomic E-state index is -0.734. The number of ether oxygens (including phenoxy) is 1. The summed E-state index contributed by atoms with van der Waals surface area (Å²) in [6.45, 7) is 11.3. The number of nitrogens with one attached hydrogen (secondary N) is 2. The summed E-state index contributed by atoms with van der Waals surface area (Å²) < 4.78 is 6.00. The fourth-order valence-corrected chi connectivity index (χ4v) is 6.25. The smallest absolute Gasteiger partial charge is 0.340 e. The maximum absolute atomic E-state index is 13.3. The van der Waals surface area contributed by atoms with Crippen molar-refractivity contribution in [1.82, 2.24) is 15.2 Å². The van der Waals surface area contributed by atoms with Gasteiger partial charge in [0.2, 0.25) is 0 Å². The summed E-state index contributed by atoms with van der Waals surface area (Å²) in [5.41, 5.74) is 1.15. The van der Waals surface area contributed by atoms with Gasteiger partial charge in [0, 0.05) is 42.7 Å². The van der Waals surface area contributed by atoms with Gasteiger partial charge in [-0.05, 0) is 64.4 Å². The Kier molecular flexibility index (Phi) is 9.02. The van der Waals surface area contributed by atoms with E-state index in [2.05, 4.69) is 34.4 Å². The van der Waals surface area contributed by atoms with Crippen molar-refractivity contribution in [3.8, 4) is 0 Å². The van der Waals surface area contributed by atoms with E-state index in [9.17, 15) is 14.4 Å². The van der Waals surface area contributed by atoms with Crippen LogP contribution in [0.2, 0.25) is 9.36 Å². The lowest BCUT2D eigenvalue weighted by molar-refractivity contribution is 0.00695. The Morgan fingerprint density at radius 2 is 1.87 bits per heavy atom. The molecule has 3 heterocycles. The molecule has 1 aromatic carbocycles. The van der Waals surface area contributed by atoms with Gasteiger partial charge >= 0.3 is 5.97 Å². The normalized spacial score (nSPS) is 13.7. The summed E-state index contributed by atoms with van der Waals surface area (Å²) in [5, 5.41) is 6.18. The number of benzene rings is 1. The largest absolute Gasteiger partial charge is 0.456 e. The third-order valence-electron chi connectivity index (χ3n) is 5.98. The highest BCUT2D eigenvalue weighted by Gasteiger charge is 2.26. The third kappa shape index (κ3) is 7.37. The summed E-state index contributed by atoms with van der Waals surface area (Å²) in [7, 11) is 0. The number of carbonyl (C=O) groups excluding carboxylic acids is 3. The van der Waals surface area contributed by atoms with Crippen LogP contribution in [0.4, 0.5) is 5.69 Å². The lowest BCUT2D eigenvalue weighted by atomic mass is 10.1. The Morgan fingerprint density at radius 1 is 1.13 bits per heavy atom. The van der Waals surface area contributed by atoms with E-state index in [0.717, 1.165) is 41.4 Å². The number of thiophene rings is 1. The van der Waals surface area contributed by atoms with Crippen molar-refractivity contribution < 1.29 is 19.1 Å². The number of hydrogen-bond acceptors (Lipinski definition) is 8. The van der Waals surface area contributed by atoms with Crippen LogP contribution in [-0.2, 0) is 24.2 Å². The topological polar surface area (TPSA) is 101 Å². The number of halogens is 2. The maximum Gasteiger partial charge on any atom is 0.340 e. The minimum Gasteiger partial charge on any atom is -0.456 e. The van der Waals surface area contributed by atoms with Crippen LogP contribution in [0.5, 0.6) is 0 Å². The number of aromatic nitrogens is 1. The highest BCUT2D eigenvalue weighted by molar-refractivity contribution is 7.18. The van der Waals surface area contributed by atoms with Crippen molar-refractivity contribution in [3.63, 3.8) is 0 Å². The molecule has 0 fully saturated rings. The van der Waals surface area contributed by atoms with Crippen LogP contribution in [0.3, 0.4) is 0 Å². The molecule has 0 radical (unpaired) electrons. The van der Waals surface area contributed by atoms with Crippen LogP contribution >= 0.6 is 45.9 Å². The first-order chi connectivity index (χ1) is 18.3. The Bertz CT molecular complexity index is 1410. The molecule has 39 heavy (non-hydrogen) atoms. The molecule has 208 valence electrons. The summed E-state index contributed by atoms with van der Waals surface area (Å²) in [5.74, 6) is -1.34. The monoisotopic (exact) mass is 608 g/mol. The Morgan fingerprint density at radius 3 is 2.51 bits per heavy atom. The van der Waals surface area contributed by atoms with E-state index in [1.54, 1.807) is 39.0 Å². The molecule has 3 aromatic rings. The van der Waals surface area contributed by atoms with Gasteiger partial charge in [0.15, 0.2) is 5.01 Å². The van der Waals surface area contributed by atoms with Gasteiger partial charge in [-0.25, -0.2) is 9.78 Å². The van der Waals surface area contributed by atoms with Crippen LogP contribution in [0.25, 0.3) is 0 Å². The molecule has 0 saturated heterocycles. The second-order valence-corrected chi connectivity index (χ2v) is 13.6. The predicted molar refractivity (Wildman–Crippen MR) is 156 cm³/mol. The van der Waals surface area contributed by atoms with Gasteiger partial charge in [-0.2, -0.15) is 0 Å². The van der Waals surface area contributed by atoms with E-state index in [4.69, 9.17) is 27.9 Å². The lowest BCUT2D eigenvalue weighted by Crippen LogP contribution is -2.35. The van der Waals surface area contributed by atoms with Crippen molar-refractivity contribution >= 4 is 69.3 Å². The average molecular weight is 610 g/mol. The first-order valence-corrected chi connectivity index (χ1v) is 14.8. The molecule has 1 aliphatic rings. The van der Waals surface area contributed by atoms with Crippen molar-refractivity contribution in [2.45, 2.75) is 65.8 Å². The number of carbonyl (C=O) groups is 3. The summed E-state index contributed by atoms with van der Waals surface area (Å²) in [6, 6.07) is 6.71. The number of thiazole rings is 1. The van der Waals surface area contributed by atoms with Crippen LogP contribution in [0, 0.1) is 0 Å². The number of nitrogens with zero attached hydrogens (tertiary/aromatic N) is 2. The van der Waals surface area contributed by atoms with Gasteiger partial charge in [0.25, 0.3) is 11.8 Å². The van der Waals surface area contributed by atoms with E-state index in [-0.39, 0.29) is 23.0 Å². The van der Waals surface area contributed by atoms with Crippen LogP contribution in [0.15, 0.2) is 24.3 Å². The molecule has 0 aliphatic carbocycles. The second kappa shape index (κ2) is 11.9. The molecule has 0 bridgehead atoms. The third-order valence-corrected chi connectivity index (χ3v) is 8.61. The molecule has 0 spiro atoms. The quantitative estimate of drug-likeness (QED) is 0.300. The summed E-state index contributed by atoms with van der Waals surface area (Å²) in [4.78, 5) is 47.3. The lowest BCUT2D eigenvalue weighted by Gasteiger charge is -2.29. The molecule has 0 saturated carbocycles. The molecule has 8 nitrogen and oxygen atoms in total. The van der Waals surface area contributed by atoms with Crippen LogP contribution in [0.1, 0.15) is 80.6 Å².